The van der Waals surface area contributed by atoms with Crippen LogP contribution in [-0.4, -0.2) is 28.8 Å². The monoisotopic (exact) mass is 289 g/mol. The fraction of sp³-hybridized carbons (Fsp3) is 0.714. The van der Waals surface area contributed by atoms with Crippen molar-refractivity contribution in [3.8, 4) is 0 Å². The summed E-state index contributed by atoms with van der Waals surface area (Å²) in [6.07, 6.45) is 5.88. The smallest absolute Gasteiger partial charge is 0.0437 e. The number of thioether (sulfide) groups is 1. The minimum absolute atomic E-state index is 0.142. The predicted molar refractivity (Wildman–Crippen MR) is 81.9 cm³/mol. The van der Waals surface area contributed by atoms with E-state index in [4.69, 9.17) is 22.4 Å². The van der Waals surface area contributed by atoms with Gasteiger partial charge in [0.1, 0.15) is 0 Å². The summed E-state index contributed by atoms with van der Waals surface area (Å²) in [5.41, 5.74) is 6.21. The van der Waals surface area contributed by atoms with Crippen LogP contribution in [0, 0.1) is 11.3 Å². The van der Waals surface area contributed by atoms with E-state index in [-0.39, 0.29) is 18.1 Å². The number of rotatable bonds is 8. The molecule has 0 saturated heterocycles. The zero-order valence-electron chi connectivity index (χ0n) is 11.2. The van der Waals surface area contributed by atoms with Crippen LogP contribution < -0.4 is 5.73 Å². The predicted octanol–water partition coefficient (Wildman–Crippen LogP) is 3.15. The molecule has 1 aliphatic rings. The molecule has 0 aliphatic heterocycles. The molecule has 4 heteroatoms. The quantitative estimate of drug-likeness (QED) is 0.675. The summed E-state index contributed by atoms with van der Waals surface area (Å²) < 4.78 is 0. The van der Waals surface area contributed by atoms with Gasteiger partial charge in [-0.1, -0.05) is 38.1 Å². The third kappa shape index (κ3) is 4.30. The van der Waals surface area contributed by atoms with Crippen LogP contribution in [0.3, 0.4) is 0 Å². The van der Waals surface area contributed by atoms with Gasteiger partial charge in [-0.25, -0.2) is 0 Å². The van der Waals surface area contributed by atoms with Gasteiger partial charge < -0.3 is 10.8 Å². The standard InChI is InChI=1S/C14H24ClNOS/c1-10(4-5-11(2)15)6-9-18-13-12(16)14(13,3)7-8-17/h4-5,10,12-13,17H,2,6-9,16H2,1,3H3. The molecule has 104 valence electrons. The number of hydrogen-bond acceptors (Lipinski definition) is 3. The fourth-order valence-corrected chi connectivity index (χ4v) is 4.08. The van der Waals surface area contributed by atoms with E-state index in [0.717, 1.165) is 18.6 Å². The molecular formula is C14H24ClNOS. The Kier molecular flexibility index (Phi) is 6.25. The Bertz CT molecular complexity index is 321. The molecule has 3 N–H and O–H groups in total. The first-order valence-corrected chi connectivity index (χ1v) is 7.85. The van der Waals surface area contributed by atoms with Gasteiger partial charge in [0, 0.05) is 22.9 Å². The van der Waals surface area contributed by atoms with E-state index in [0.29, 0.717) is 16.2 Å². The number of hydrogen-bond donors (Lipinski definition) is 2. The SMILES string of the molecule is C=C(Cl)C=CC(C)CCSC1C(N)C1(C)CCO. The molecule has 4 atom stereocenters. The lowest BCUT2D eigenvalue weighted by molar-refractivity contribution is 0.254. The maximum Gasteiger partial charge on any atom is 0.0437 e. The van der Waals surface area contributed by atoms with Crippen LogP contribution >= 0.6 is 23.4 Å². The maximum absolute atomic E-state index is 9.02. The van der Waals surface area contributed by atoms with Crippen molar-refractivity contribution in [3.05, 3.63) is 23.8 Å². The van der Waals surface area contributed by atoms with Crippen molar-refractivity contribution in [1.82, 2.24) is 0 Å². The molecule has 1 rings (SSSR count). The van der Waals surface area contributed by atoms with Crippen molar-refractivity contribution in [3.63, 3.8) is 0 Å². The van der Waals surface area contributed by atoms with Gasteiger partial charge in [-0.2, -0.15) is 11.8 Å². The Morgan fingerprint density at radius 3 is 2.89 bits per heavy atom. The van der Waals surface area contributed by atoms with Gasteiger partial charge in [-0.05, 0) is 36.0 Å². The Balaban J connectivity index is 2.21. The minimum atomic E-state index is 0.142. The van der Waals surface area contributed by atoms with Gasteiger partial charge in [0.15, 0.2) is 0 Å². The van der Waals surface area contributed by atoms with Crippen molar-refractivity contribution in [2.45, 2.75) is 38.0 Å². The Hall–Kier alpha value is 0.0400. The number of allylic oxidation sites excluding steroid dienone is 3. The lowest BCUT2D eigenvalue weighted by atomic mass is 10.1. The van der Waals surface area contributed by atoms with E-state index in [1.807, 2.05) is 17.8 Å². The second-order valence-corrected chi connectivity index (χ2v) is 7.10. The van der Waals surface area contributed by atoms with E-state index < -0.39 is 0 Å². The zero-order valence-corrected chi connectivity index (χ0v) is 12.8. The molecule has 0 radical (unpaired) electrons. The number of aliphatic hydroxyl groups excluding tert-OH is 1. The fourth-order valence-electron chi connectivity index (χ4n) is 2.15. The summed E-state index contributed by atoms with van der Waals surface area (Å²) in [6, 6.07) is 0.239. The molecule has 0 spiro atoms. The van der Waals surface area contributed by atoms with Gasteiger partial charge >= 0.3 is 0 Å². The molecule has 0 aromatic heterocycles. The molecule has 1 aliphatic carbocycles. The molecule has 1 fully saturated rings. The topological polar surface area (TPSA) is 46.2 Å². The molecule has 1 saturated carbocycles. The summed E-state index contributed by atoms with van der Waals surface area (Å²) in [5.74, 6) is 1.60. The maximum atomic E-state index is 9.02. The second-order valence-electron chi connectivity index (χ2n) is 5.37. The molecule has 0 amide bonds. The van der Waals surface area contributed by atoms with Gasteiger partial charge in [-0.15, -0.1) is 0 Å². The first-order chi connectivity index (χ1) is 8.41. The van der Waals surface area contributed by atoms with Crippen LogP contribution in [0.5, 0.6) is 0 Å². The van der Waals surface area contributed by atoms with Crippen LogP contribution in [0.2, 0.25) is 0 Å². The van der Waals surface area contributed by atoms with Gasteiger partial charge in [0.25, 0.3) is 0 Å². The highest BCUT2D eigenvalue weighted by Gasteiger charge is 2.58. The van der Waals surface area contributed by atoms with Gasteiger partial charge in [-0.3, -0.25) is 0 Å². The van der Waals surface area contributed by atoms with Crippen LogP contribution in [-0.2, 0) is 0 Å². The molecule has 4 unspecified atom stereocenters. The lowest BCUT2D eigenvalue weighted by Crippen LogP contribution is -2.11. The van der Waals surface area contributed by atoms with Crippen molar-refractivity contribution in [2.75, 3.05) is 12.4 Å². The largest absolute Gasteiger partial charge is 0.396 e. The summed E-state index contributed by atoms with van der Waals surface area (Å²) in [7, 11) is 0. The average molecular weight is 290 g/mol. The number of halogens is 1. The molecule has 0 aromatic carbocycles. The third-order valence-corrected chi connectivity index (χ3v) is 5.54. The summed E-state index contributed by atoms with van der Waals surface area (Å²) >= 11 is 7.62. The van der Waals surface area contributed by atoms with Crippen molar-refractivity contribution in [2.24, 2.45) is 17.1 Å². The number of aliphatic hydroxyl groups is 1. The van der Waals surface area contributed by atoms with Crippen LogP contribution in [0.15, 0.2) is 23.8 Å². The van der Waals surface area contributed by atoms with E-state index in [2.05, 4.69) is 26.5 Å². The lowest BCUT2D eigenvalue weighted by Gasteiger charge is -2.09. The van der Waals surface area contributed by atoms with Crippen LogP contribution in [0.4, 0.5) is 0 Å². The average Bonchev–Trinajstić information content (AvgIpc) is 2.79. The second kappa shape index (κ2) is 6.99. The summed E-state index contributed by atoms with van der Waals surface area (Å²) in [4.78, 5) is 0. The van der Waals surface area contributed by atoms with E-state index >= 15 is 0 Å². The van der Waals surface area contributed by atoms with Crippen molar-refractivity contribution >= 4 is 23.4 Å². The number of nitrogens with two attached hydrogens (primary N) is 1. The molecule has 2 nitrogen and oxygen atoms in total. The van der Waals surface area contributed by atoms with Crippen LogP contribution in [0.25, 0.3) is 0 Å². The Labute approximate surface area is 120 Å². The molecule has 0 heterocycles. The zero-order chi connectivity index (χ0) is 13.8. The molecule has 18 heavy (non-hydrogen) atoms. The Morgan fingerprint density at radius 2 is 2.33 bits per heavy atom. The highest BCUT2D eigenvalue weighted by atomic mass is 35.5. The van der Waals surface area contributed by atoms with Crippen molar-refractivity contribution in [1.29, 1.82) is 0 Å². The van der Waals surface area contributed by atoms with E-state index in [9.17, 15) is 0 Å². The van der Waals surface area contributed by atoms with Gasteiger partial charge in [0.2, 0.25) is 0 Å². The highest BCUT2D eigenvalue weighted by molar-refractivity contribution is 8.00. The first kappa shape index (κ1) is 16.1. The highest BCUT2D eigenvalue weighted by Crippen LogP contribution is 2.54. The summed E-state index contributed by atoms with van der Waals surface area (Å²) in [5, 5.41) is 10.1. The van der Waals surface area contributed by atoms with Crippen molar-refractivity contribution < 1.29 is 5.11 Å². The Morgan fingerprint density at radius 1 is 1.67 bits per heavy atom. The van der Waals surface area contributed by atoms with Crippen LogP contribution in [0.1, 0.15) is 26.7 Å². The van der Waals surface area contributed by atoms with E-state index in [1.165, 1.54) is 0 Å². The van der Waals surface area contributed by atoms with E-state index in [1.54, 1.807) is 0 Å². The normalized spacial score (nSPS) is 32.7. The molecule has 0 bridgehead atoms. The van der Waals surface area contributed by atoms with Gasteiger partial charge in [0.05, 0.1) is 0 Å². The minimum Gasteiger partial charge on any atom is -0.396 e. The first-order valence-electron chi connectivity index (χ1n) is 6.42. The third-order valence-electron chi connectivity index (χ3n) is 3.76. The summed E-state index contributed by atoms with van der Waals surface area (Å²) in [6.45, 7) is 8.21. The molecule has 0 aromatic rings. The molecular weight excluding hydrogens is 266 g/mol.